The lowest BCUT2D eigenvalue weighted by Crippen LogP contribution is -2.42. The highest BCUT2D eigenvalue weighted by molar-refractivity contribution is 7.13. The van der Waals surface area contributed by atoms with E-state index in [1.54, 1.807) is 31.8 Å². The molecule has 0 saturated heterocycles. The van der Waals surface area contributed by atoms with Crippen molar-refractivity contribution in [2.45, 2.75) is 12.5 Å². The van der Waals surface area contributed by atoms with E-state index in [1.807, 2.05) is 33.9 Å². The van der Waals surface area contributed by atoms with Crippen molar-refractivity contribution in [3.8, 4) is 11.5 Å². The number of ether oxygens (including phenoxy) is 2. The zero-order valence-corrected chi connectivity index (χ0v) is 16.6. The van der Waals surface area contributed by atoms with Crippen molar-refractivity contribution in [2.75, 3.05) is 26.1 Å². The van der Waals surface area contributed by atoms with Crippen molar-refractivity contribution in [2.24, 2.45) is 0 Å². The predicted molar refractivity (Wildman–Crippen MR) is 107 cm³/mol. The van der Waals surface area contributed by atoms with E-state index in [0.717, 1.165) is 16.9 Å². The zero-order valence-electron chi connectivity index (χ0n) is 15.0. The van der Waals surface area contributed by atoms with Crippen LogP contribution in [-0.4, -0.2) is 36.7 Å². The van der Waals surface area contributed by atoms with Crippen molar-refractivity contribution in [1.29, 1.82) is 0 Å². The Morgan fingerprint density at radius 2 is 2.04 bits per heavy atom. The van der Waals surface area contributed by atoms with Crippen LogP contribution in [-0.2, 0) is 6.42 Å². The third kappa shape index (κ3) is 3.38. The quantitative estimate of drug-likeness (QED) is 0.704. The van der Waals surface area contributed by atoms with Gasteiger partial charge in [-0.3, -0.25) is 5.32 Å². The summed E-state index contributed by atoms with van der Waals surface area (Å²) >= 11 is 3.05. The van der Waals surface area contributed by atoms with Gasteiger partial charge in [0, 0.05) is 23.0 Å². The fourth-order valence-electron chi connectivity index (χ4n) is 3.37. The number of rotatable bonds is 4. The molecular formula is C19H19N3O3S2. The molecule has 8 heteroatoms. The first-order chi connectivity index (χ1) is 13.2. The van der Waals surface area contributed by atoms with Crippen molar-refractivity contribution in [3.63, 3.8) is 0 Å². The van der Waals surface area contributed by atoms with Gasteiger partial charge in [0.1, 0.15) is 0 Å². The molecule has 1 aliphatic rings. The molecule has 6 nitrogen and oxygen atoms in total. The summed E-state index contributed by atoms with van der Waals surface area (Å²) in [6, 6.07) is 7.75. The average Bonchev–Trinajstić information content (AvgIpc) is 3.39. The number of methoxy groups -OCH3 is 2. The number of nitrogens with one attached hydrogen (secondary N) is 1. The molecule has 0 saturated carbocycles. The standard InChI is InChI=1S/C19H19N3O3S2/c1-24-14-10-12-5-7-22(19(23)21-18-20-6-9-27-18)17(16-4-3-8-26-16)13(12)11-15(14)25-2/h3-4,6,8-11,17H,5,7H2,1-2H3,(H,20,21,23)/t17-/m0/s1. The fourth-order valence-corrected chi connectivity index (χ4v) is 4.74. The Labute approximate surface area is 165 Å². The lowest BCUT2D eigenvalue weighted by atomic mass is 9.91. The van der Waals surface area contributed by atoms with Gasteiger partial charge in [0.15, 0.2) is 16.6 Å². The number of hydrogen-bond donors (Lipinski definition) is 1. The molecule has 0 fully saturated rings. The van der Waals surface area contributed by atoms with Crippen LogP contribution in [0.15, 0.2) is 41.2 Å². The van der Waals surface area contributed by atoms with Crippen molar-refractivity contribution < 1.29 is 14.3 Å². The Balaban J connectivity index is 1.75. The number of benzene rings is 1. The molecule has 1 aromatic carbocycles. The maximum atomic E-state index is 13.0. The molecule has 3 aromatic rings. The van der Waals surface area contributed by atoms with Crippen LogP contribution in [0.2, 0.25) is 0 Å². The van der Waals surface area contributed by atoms with E-state index < -0.39 is 0 Å². The second-order valence-corrected chi connectivity index (χ2v) is 7.91. The van der Waals surface area contributed by atoms with Crippen molar-refractivity contribution in [3.05, 3.63) is 57.2 Å². The number of aromatic nitrogens is 1. The molecule has 2 amide bonds. The molecule has 1 aliphatic heterocycles. The van der Waals surface area contributed by atoms with Crippen LogP contribution in [0.4, 0.5) is 9.93 Å². The summed E-state index contributed by atoms with van der Waals surface area (Å²) in [6.07, 6.45) is 2.43. The Morgan fingerprint density at radius 1 is 1.22 bits per heavy atom. The second-order valence-electron chi connectivity index (χ2n) is 6.03. The molecule has 4 rings (SSSR count). The molecule has 3 heterocycles. The largest absolute Gasteiger partial charge is 0.493 e. The summed E-state index contributed by atoms with van der Waals surface area (Å²) < 4.78 is 11.0. The number of carbonyl (C=O) groups excluding carboxylic acids is 1. The summed E-state index contributed by atoms with van der Waals surface area (Å²) in [6.45, 7) is 0.613. The van der Waals surface area contributed by atoms with Crippen LogP contribution in [0.1, 0.15) is 22.0 Å². The minimum Gasteiger partial charge on any atom is -0.493 e. The number of nitrogens with zero attached hydrogens (tertiary/aromatic N) is 2. The number of thiazole rings is 1. The van der Waals surface area contributed by atoms with E-state index in [1.165, 1.54) is 16.9 Å². The molecule has 0 bridgehead atoms. The Morgan fingerprint density at radius 3 is 2.70 bits per heavy atom. The SMILES string of the molecule is COc1cc2c(cc1OC)[C@@H](c1cccs1)N(C(=O)Nc1nccs1)CC2. The third-order valence-corrected chi connectivity index (χ3v) is 6.21. The van der Waals surface area contributed by atoms with Gasteiger partial charge in [-0.2, -0.15) is 0 Å². The lowest BCUT2D eigenvalue weighted by Gasteiger charge is -2.37. The highest BCUT2D eigenvalue weighted by atomic mass is 32.1. The maximum Gasteiger partial charge on any atom is 0.324 e. The van der Waals surface area contributed by atoms with Gasteiger partial charge in [-0.15, -0.1) is 22.7 Å². The molecule has 140 valence electrons. The van der Waals surface area contributed by atoms with Crippen LogP contribution in [0.5, 0.6) is 11.5 Å². The van der Waals surface area contributed by atoms with Crippen LogP contribution < -0.4 is 14.8 Å². The van der Waals surface area contributed by atoms with Gasteiger partial charge in [-0.1, -0.05) is 6.07 Å². The minimum atomic E-state index is -0.173. The second kappa shape index (κ2) is 7.58. The summed E-state index contributed by atoms with van der Waals surface area (Å²) in [7, 11) is 3.26. The van der Waals surface area contributed by atoms with Gasteiger partial charge in [0.2, 0.25) is 0 Å². The van der Waals surface area contributed by atoms with Crippen molar-refractivity contribution in [1.82, 2.24) is 9.88 Å². The molecule has 0 spiro atoms. The van der Waals surface area contributed by atoms with Gasteiger partial charge in [-0.05, 0) is 41.1 Å². The van der Waals surface area contributed by atoms with E-state index in [4.69, 9.17) is 9.47 Å². The first-order valence-electron chi connectivity index (χ1n) is 8.46. The zero-order chi connectivity index (χ0) is 18.8. The predicted octanol–water partition coefficient (Wildman–Crippen LogP) is 4.40. The number of anilines is 1. The smallest absolute Gasteiger partial charge is 0.324 e. The summed E-state index contributed by atoms with van der Waals surface area (Å²) in [4.78, 5) is 20.1. The number of amides is 2. The monoisotopic (exact) mass is 401 g/mol. The number of carbonyl (C=O) groups is 1. The topological polar surface area (TPSA) is 63.7 Å². The lowest BCUT2D eigenvalue weighted by molar-refractivity contribution is 0.194. The van der Waals surface area contributed by atoms with Gasteiger partial charge in [0.25, 0.3) is 0 Å². The molecular weight excluding hydrogens is 382 g/mol. The first kappa shape index (κ1) is 17.8. The van der Waals surface area contributed by atoms with E-state index in [2.05, 4.69) is 16.4 Å². The van der Waals surface area contributed by atoms with Gasteiger partial charge < -0.3 is 14.4 Å². The van der Waals surface area contributed by atoms with E-state index >= 15 is 0 Å². The number of fused-ring (bicyclic) bond motifs is 1. The number of thiophene rings is 1. The molecule has 1 atom stereocenters. The maximum absolute atomic E-state index is 13.0. The van der Waals surface area contributed by atoms with Crippen molar-refractivity contribution >= 4 is 33.8 Å². The summed E-state index contributed by atoms with van der Waals surface area (Å²) in [5, 5.41) is 7.38. The average molecular weight is 402 g/mol. The van der Waals surface area contributed by atoms with Crippen LogP contribution in [0, 0.1) is 0 Å². The minimum absolute atomic E-state index is 0.149. The highest BCUT2D eigenvalue weighted by Crippen LogP contribution is 2.42. The summed E-state index contributed by atoms with van der Waals surface area (Å²) in [5.41, 5.74) is 2.24. The Bertz CT molecular complexity index is 926. The Kier molecular flexibility index (Phi) is 5.00. The van der Waals surface area contributed by atoms with Gasteiger partial charge >= 0.3 is 6.03 Å². The van der Waals surface area contributed by atoms with Gasteiger partial charge in [-0.25, -0.2) is 9.78 Å². The van der Waals surface area contributed by atoms with Crippen LogP contribution >= 0.6 is 22.7 Å². The Hall–Kier alpha value is -2.58. The molecule has 27 heavy (non-hydrogen) atoms. The van der Waals surface area contributed by atoms with Gasteiger partial charge in [0.05, 0.1) is 20.3 Å². The van der Waals surface area contributed by atoms with E-state index in [9.17, 15) is 4.79 Å². The number of hydrogen-bond acceptors (Lipinski definition) is 6. The molecule has 0 unspecified atom stereocenters. The van der Waals surface area contributed by atoms with Crippen LogP contribution in [0.25, 0.3) is 0 Å². The molecule has 0 aliphatic carbocycles. The first-order valence-corrected chi connectivity index (χ1v) is 10.2. The summed E-state index contributed by atoms with van der Waals surface area (Å²) in [5.74, 6) is 1.38. The fraction of sp³-hybridized carbons (Fsp3) is 0.263. The molecule has 2 aromatic heterocycles. The highest BCUT2D eigenvalue weighted by Gasteiger charge is 2.34. The van der Waals surface area contributed by atoms with Crippen LogP contribution in [0.3, 0.4) is 0 Å². The van der Waals surface area contributed by atoms with E-state index in [-0.39, 0.29) is 12.1 Å². The number of urea groups is 1. The molecule has 0 radical (unpaired) electrons. The van der Waals surface area contributed by atoms with E-state index in [0.29, 0.717) is 23.2 Å². The molecule has 1 N–H and O–H groups in total. The normalized spacial score (nSPS) is 15.9. The third-order valence-electron chi connectivity index (χ3n) is 4.59.